The van der Waals surface area contributed by atoms with E-state index in [-0.39, 0.29) is 0 Å². The number of nitrogens with zero attached hydrogens (tertiary/aromatic N) is 2. The predicted octanol–water partition coefficient (Wildman–Crippen LogP) is 1.67. The molecule has 1 heterocycles. The second kappa shape index (κ2) is 4.41. The molecule has 15 heavy (non-hydrogen) atoms. The summed E-state index contributed by atoms with van der Waals surface area (Å²) in [6, 6.07) is 10.1. The zero-order chi connectivity index (χ0) is 10.5. The van der Waals surface area contributed by atoms with Crippen LogP contribution in [0.1, 0.15) is 5.56 Å². The van der Waals surface area contributed by atoms with Crippen molar-refractivity contribution >= 4 is 11.6 Å². The van der Waals surface area contributed by atoms with Gasteiger partial charge in [-0.1, -0.05) is 30.3 Å². The summed E-state index contributed by atoms with van der Waals surface area (Å²) in [7, 11) is 0. The van der Waals surface area contributed by atoms with Gasteiger partial charge in [-0.05, 0) is 5.56 Å². The highest BCUT2D eigenvalue weighted by Crippen LogP contribution is 2.04. The van der Waals surface area contributed by atoms with Crippen molar-refractivity contribution in [2.75, 3.05) is 11.1 Å². The van der Waals surface area contributed by atoms with Crippen LogP contribution in [-0.4, -0.2) is 9.97 Å². The van der Waals surface area contributed by atoms with E-state index in [0.29, 0.717) is 18.2 Å². The van der Waals surface area contributed by atoms with Crippen LogP contribution in [0.3, 0.4) is 0 Å². The van der Waals surface area contributed by atoms with E-state index in [9.17, 15) is 0 Å². The molecule has 0 saturated heterocycles. The standard InChI is InChI=1S/C11H12N4/c12-10-7-14-11(15-8-10)13-6-9-4-2-1-3-5-9/h1-5,7-8H,6,12H2,(H,13,14,15). The number of hydrogen-bond acceptors (Lipinski definition) is 4. The molecule has 0 fully saturated rings. The number of hydrogen-bond donors (Lipinski definition) is 2. The molecule has 0 aliphatic heterocycles. The third-order valence-corrected chi connectivity index (χ3v) is 1.97. The smallest absolute Gasteiger partial charge is 0.222 e. The maximum absolute atomic E-state index is 5.48. The molecule has 0 bridgehead atoms. The van der Waals surface area contributed by atoms with Crippen LogP contribution in [0, 0.1) is 0 Å². The number of nitrogens with one attached hydrogen (secondary N) is 1. The van der Waals surface area contributed by atoms with Gasteiger partial charge >= 0.3 is 0 Å². The number of nitrogens with two attached hydrogens (primary N) is 1. The monoisotopic (exact) mass is 200 g/mol. The van der Waals surface area contributed by atoms with Crippen LogP contribution in [0.4, 0.5) is 11.6 Å². The summed E-state index contributed by atoms with van der Waals surface area (Å²) in [5, 5.41) is 3.11. The second-order valence-electron chi connectivity index (χ2n) is 3.18. The van der Waals surface area contributed by atoms with Crippen LogP contribution in [0.5, 0.6) is 0 Å². The first-order valence-corrected chi connectivity index (χ1v) is 4.70. The normalized spacial score (nSPS) is 9.87. The molecule has 4 heteroatoms. The fourth-order valence-corrected chi connectivity index (χ4v) is 1.21. The summed E-state index contributed by atoms with van der Waals surface area (Å²) in [5.41, 5.74) is 7.24. The lowest BCUT2D eigenvalue weighted by molar-refractivity contribution is 1.06. The molecule has 76 valence electrons. The Kier molecular flexibility index (Phi) is 2.78. The minimum Gasteiger partial charge on any atom is -0.396 e. The summed E-state index contributed by atoms with van der Waals surface area (Å²) in [6.45, 7) is 0.713. The molecule has 2 rings (SSSR count). The third-order valence-electron chi connectivity index (χ3n) is 1.97. The van der Waals surface area contributed by atoms with E-state index < -0.39 is 0 Å². The number of rotatable bonds is 3. The summed E-state index contributed by atoms with van der Waals surface area (Å²) in [6.07, 6.45) is 3.17. The molecule has 0 saturated carbocycles. The molecule has 3 N–H and O–H groups in total. The van der Waals surface area contributed by atoms with Crippen molar-refractivity contribution in [3.63, 3.8) is 0 Å². The van der Waals surface area contributed by atoms with Crippen LogP contribution < -0.4 is 11.1 Å². The first-order valence-electron chi connectivity index (χ1n) is 4.70. The minimum atomic E-state index is 0.570. The predicted molar refractivity (Wildman–Crippen MR) is 60.2 cm³/mol. The maximum Gasteiger partial charge on any atom is 0.222 e. The Labute approximate surface area is 88.2 Å². The van der Waals surface area contributed by atoms with E-state index in [4.69, 9.17) is 5.73 Å². The Hall–Kier alpha value is -2.10. The van der Waals surface area contributed by atoms with Gasteiger partial charge in [0.05, 0.1) is 18.1 Å². The molecule has 1 aromatic carbocycles. The van der Waals surface area contributed by atoms with Gasteiger partial charge in [0.1, 0.15) is 0 Å². The summed E-state index contributed by atoms with van der Waals surface area (Å²) in [4.78, 5) is 8.09. The van der Waals surface area contributed by atoms with Gasteiger partial charge in [-0.2, -0.15) is 0 Å². The fraction of sp³-hybridized carbons (Fsp3) is 0.0909. The van der Waals surface area contributed by atoms with Gasteiger partial charge in [0.15, 0.2) is 0 Å². The fourth-order valence-electron chi connectivity index (χ4n) is 1.21. The Morgan fingerprint density at radius 3 is 2.40 bits per heavy atom. The van der Waals surface area contributed by atoms with Crippen LogP contribution in [0.2, 0.25) is 0 Å². The molecule has 2 aromatic rings. The molecule has 0 radical (unpaired) electrons. The highest BCUT2D eigenvalue weighted by atomic mass is 15.1. The van der Waals surface area contributed by atoms with Crippen LogP contribution >= 0.6 is 0 Å². The molecular weight excluding hydrogens is 188 g/mol. The molecular formula is C11H12N4. The van der Waals surface area contributed by atoms with Gasteiger partial charge < -0.3 is 11.1 Å². The van der Waals surface area contributed by atoms with Gasteiger partial charge in [-0.25, -0.2) is 9.97 Å². The lowest BCUT2D eigenvalue weighted by Crippen LogP contribution is -2.03. The van der Waals surface area contributed by atoms with E-state index in [0.717, 1.165) is 0 Å². The van der Waals surface area contributed by atoms with E-state index in [1.165, 1.54) is 5.56 Å². The molecule has 4 nitrogen and oxygen atoms in total. The van der Waals surface area contributed by atoms with Crippen molar-refractivity contribution in [3.05, 3.63) is 48.3 Å². The molecule has 0 aliphatic rings. The Bertz CT molecular complexity index is 410. The topological polar surface area (TPSA) is 63.8 Å². The van der Waals surface area contributed by atoms with Crippen LogP contribution in [0.15, 0.2) is 42.7 Å². The summed E-state index contributed by atoms with van der Waals surface area (Å²) >= 11 is 0. The van der Waals surface area contributed by atoms with E-state index >= 15 is 0 Å². The van der Waals surface area contributed by atoms with Gasteiger partial charge in [0.25, 0.3) is 0 Å². The highest BCUT2D eigenvalue weighted by molar-refractivity contribution is 5.36. The zero-order valence-corrected chi connectivity index (χ0v) is 8.22. The van der Waals surface area contributed by atoms with Gasteiger partial charge in [-0.3, -0.25) is 0 Å². The SMILES string of the molecule is Nc1cnc(NCc2ccccc2)nc1. The molecule has 0 atom stereocenters. The molecule has 0 spiro atoms. The molecule has 0 aliphatic carbocycles. The highest BCUT2D eigenvalue weighted by Gasteiger charge is 1.95. The first kappa shape index (κ1) is 9.45. The zero-order valence-electron chi connectivity index (χ0n) is 8.22. The molecule has 1 aromatic heterocycles. The lowest BCUT2D eigenvalue weighted by atomic mass is 10.2. The average Bonchev–Trinajstić information content (AvgIpc) is 2.30. The van der Waals surface area contributed by atoms with Crippen molar-refractivity contribution in [3.8, 4) is 0 Å². The number of anilines is 2. The van der Waals surface area contributed by atoms with Crippen molar-refractivity contribution in [2.45, 2.75) is 6.54 Å². The minimum absolute atomic E-state index is 0.570. The van der Waals surface area contributed by atoms with Crippen LogP contribution in [0.25, 0.3) is 0 Å². The van der Waals surface area contributed by atoms with Crippen molar-refractivity contribution in [2.24, 2.45) is 0 Å². The molecule has 0 amide bonds. The number of benzene rings is 1. The van der Waals surface area contributed by atoms with Crippen molar-refractivity contribution in [1.29, 1.82) is 0 Å². The Morgan fingerprint density at radius 1 is 1.07 bits per heavy atom. The van der Waals surface area contributed by atoms with Crippen molar-refractivity contribution in [1.82, 2.24) is 9.97 Å². The van der Waals surface area contributed by atoms with Gasteiger partial charge in [-0.15, -0.1) is 0 Å². The largest absolute Gasteiger partial charge is 0.396 e. The van der Waals surface area contributed by atoms with Crippen LogP contribution in [-0.2, 0) is 6.54 Å². The van der Waals surface area contributed by atoms with E-state index in [1.807, 2.05) is 30.3 Å². The number of aromatic nitrogens is 2. The maximum atomic E-state index is 5.48. The lowest BCUT2D eigenvalue weighted by Gasteiger charge is -2.04. The first-order chi connectivity index (χ1) is 7.34. The summed E-state index contributed by atoms with van der Waals surface area (Å²) in [5.74, 6) is 0.591. The third kappa shape index (κ3) is 2.67. The Morgan fingerprint density at radius 2 is 1.73 bits per heavy atom. The summed E-state index contributed by atoms with van der Waals surface area (Å²) < 4.78 is 0. The second-order valence-corrected chi connectivity index (χ2v) is 3.18. The van der Waals surface area contributed by atoms with Gasteiger partial charge in [0, 0.05) is 6.54 Å². The quantitative estimate of drug-likeness (QED) is 0.791. The molecule has 0 unspecified atom stereocenters. The van der Waals surface area contributed by atoms with Crippen molar-refractivity contribution < 1.29 is 0 Å². The van der Waals surface area contributed by atoms with E-state index in [1.54, 1.807) is 12.4 Å². The van der Waals surface area contributed by atoms with Gasteiger partial charge in [0.2, 0.25) is 5.95 Å². The van der Waals surface area contributed by atoms with E-state index in [2.05, 4.69) is 15.3 Å². The Balaban J connectivity index is 1.96. The average molecular weight is 200 g/mol. The number of nitrogen functional groups attached to an aromatic ring is 1.